The topological polar surface area (TPSA) is 143 Å². The third-order valence-corrected chi connectivity index (χ3v) is 10.0. The second-order valence-electron chi connectivity index (χ2n) is 14.0. The number of nitrogens with zero attached hydrogens (tertiary/aromatic N) is 4. The highest BCUT2D eigenvalue weighted by Crippen LogP contribution is 2.29. The van der Waals surface area contributed by atoms with Gasteiger partial charge in [0.15, 0.2) is 0 Å². The highest BCUT2D eigenvalue weighted by molar-refractivity contribution is 6.06. The number of hydrogen-bond donors (Lipinski definition) is 2. The molecule has 4 aliphatic rings. The van der Waals surface area contributed by atoms with E-state index >= 15 is 0 Å². The smallest absolute Gasteiger partial charge is 0.268 e. The van der Waals surface area contributed by atoms with Gasteiger partial charge in [-0.25, -0.2) is 19.1 Å². The van der Waals surface area contributed by atoms with Crippen molar-refractivity contribution in [3.05, 3.63) is 192 Å². The Kier molecular flexibility index (Phi) is 7.81. The van der Waals surface area contributed by atoms with E-state index < -0.39 is 22.2 Å². The molecular weight excluding hydrogens is 681 g/mol. The first-order chi connectivity index (χ1) is 25.8. The molecule has 0 fully saturated rings. The van der Waals surface area contributed by atoms with Gasteiger partial charge in [0.05, 0.1) is 43.7 Å². The highest BCUT2D eigenvalue weighted by Gasteiger charge is 2.33. The third-order valence-electron chi connectivity index (χ3n) is 10.0. The fourth-order valence-electron chi connectivity index (χ4n) is 8.04. The van der Waals surface area contributed by atoms with Crippen molar-refractivity contribution in [2.24, 2.45) is 9.98 Å². The molecule has 0 unspecified atom stereocenters. The first-order valence-electron chi connectivity index (χ1n) is 17.4. The van der Waals surface area contributed by atoms with Crippen molar-refractivity contribution in [2.45, 2.75) is 41.5 Å². The Morgan fingerprint density at radius 1 is 0.463 bits per heavy atom. The number of aromatic hydroxyl groups is 2. The standard InChI is InChI=1S/C44H34N4O6/c1-21-15-23(3)39(24(4)16-21)47-41(51)27-19-32(46-30-12-8-10-14-34(30)50)38-36-28(42(52)48(44(38)54)40-25(5)17-22(2)18-26(40)6)20-31(37(35(27)36)43(47)53)45-29-11-7-9-13-33(29)49/h7-20,49-50H,1-6H3. The molecule has 0 amide bonds. The minimum atomic E-state index is -0.702. The van der Waals surface area contributed by atoms with E-state index in [0.717, 1.165) is 20.3 Å². The number of para-hydroxylation sites is 4. The second-order valence-corrected chi connectivity index (χ2v) is 14.0. The van der Waals surface area contributed by atoms with Gasteiger partial charge in [0, 0.05) is 11.1 Å². The number of aryl methyl sites for hydroxylation is 6. The van der Waals surface area contributed by atoms with E-state index in [0.29, 0.717) is 33.6 Å². The number of aromatic nitrogens is 2. The molecule has 266 valence electrons. The summed E-state index contributed by atoms with van der Waals surface area (Å²) in [7, 11) is 0. The van der Waals surface area contributed by atoms with Crippen LogP contribution in [0, 0.1) is 41.5 Å². The zero-order valence-electron chi connectivity index (χ0n) is 30.4. The normalized spacial score (nSPS) is 13.2. The summed E-state index contributed by atoms with van der Waals surface area (Å²) in [5.74, 6) is -0.321. The molecule has 8 rings (SSSR count). The quantitative estimate of drug-likeness (QED) is 0.292. The van der Waals surface area contributed by atoms with Crippen molar-refractivity contribution in [3.63, 3.8) is 0 Å². The monoisotopic (exact) mass is 714 g/mol. The van der Waals surface area contributed by atoms with E-state index in [9.17, 15) is 29.4 Å². The second kappa shape index (κ2) is 12.3. The molecular formula is C44H34N4O6. The molecule has 10 nitrogen and oxygen atoms in total. The van der Waals surface area contributed by atoms with Crippen molar-refractivity contribution in [1.82, 2.24) is 9.13 Å². The predicted octanol–water partition coefficient (Wildman–Crippen LogP) is 3.60. The average Bonchev–Trinajstić information content (AvgIpc) is 3.10. The predicted molar refractivity (Wildman–Crippen MR) is 207 cm³/mol. The lowest BCUT2D eigenvalue weighted by molar-refractivity contribution is 0.476. The van der Waals surface area contributed by atoms with Crippen molar-refractivity contribution in [1.29, 1.82) is 0 Å². The van der Waals surface area contributed by atoms with Gasteiger partial charge in [0.25, 0.3) is 22.2 Å². The van der Waals surface area contributed by atoms with Crippen LogP contribution in [0.2, 0.25) is 0 Å². The average molecular weight is 715 g/mol. The van der Waals surface area contributed by atoms with Crippen LogP contribution in [-0.2, 0) is 0 Å². The molecule has 0 spiro atoms. The molecule has 0 bridgehead atoms. The first-order valence-corrected chi connectivity index (χ1v) is 17.4. The molecule has 10 heteroatoms. The maximum atomic E-state index is 15.0. The van der Waals surface area contributed by atoms with Gasteiger partial charge < -0.3 is 10.2 Å². The maximum absolute atomic E-state index is 15.0. The van der Waals surface area contributed by atoms with Crippen LogP contribution in [0.5, 0.6) is 11.5 Å². The van der Waals surface area contributed by atoms with Gasteiger partial charge >= 0.3 is 0 Å². The van der Waals surface area contributed by atoms with E-state index in [-0.39, 0.29) is 66.3 Å². The molecule has 0 aromatic heterocycles. The van der Waals surface area contributed by atoms with Crippen molar-refractivity contribution in [2.75, 3.05) is 0 Å². The van der Waals surface area contributed by atoms with Crippen LogP contribution in [0.1, 0.15) is 44.5 Å². The lowest BCUT2D eigenvalue weighted by atomic mass is 9.84. The van der Waals surface area contributed by atoms with Gasteiger partial charge in [-0.2, -0.15) is 0 Å². The van der Waals surface area contributed by atoms with Crippen LogP contribution in [0.4, 0.5) is 11.4 Å². The van der Waals surface area contributed by atoms with Crippen LogP contribution in [0.3, 0.4) is 0 Å². The molecule has 2 N–H and O–H groups in total. The Morgan fingerprint density at radius 3 is 1.13 bits per heavy atom. The maximum Gasteiger partial charge on any atom is 0.268 e. The van der Waals surface area contributed by atoms with E-state index in [1.165, 1.54) is 24.3 Å². The Morgan fingerprint density at radius 2 is 0.796 bits per heavy atom. The lowest BCUT2D eigenvalue weighted by Crippen LogP contribution is -2.59. The molecule has 54 heavy (non-hydrogen) atoms. The number of benzene rings is 4. The number of hydrogen-bond acceptors (Lipinski definition) is 8. The van der Waals surface area contributed by atoms with Crippen molar-refractivity contribution in [3.8, 4) is 22.9 Å². The summed E-state index contributed by atoms with van der Waals surface area (Å²) in [5, 5.41) is 21.6. The molecule has 4 aromatic carbocycles. The summed E-state index contributed by atoms with van der Waals surface area (Å²) in [6, 6.07) is 23.1. The van der Waals surface area contributed by atoms with Gasteiger partial charge in [-0.3, -0.25) is 19.2 Å². The number of rotatable bonds is 4. The van der Waals surface area contributed by atoms with Crippen LogP contribution < -0.4 is 43.4 Å². The highest BCUT2D eigenvalue weighted by atomic mass is 16.3. The molecule has 0 radical (unpaired) electrons. The Labute approximate surface area is 307 Å². The summed E-state index contributed by atoms with van der Waals surface area (Å²) < 4.78 is 2.21. The molecule has 0 atom stereocenters. The SMILES string of the molecule is Cc1cc(C)c(-n2c(=O)c3cc(=Nc4ccccc4O)c4c(=O)n(-c5c(C)cc(C)cc5C)c(=O)c5cc(=Nc6ccccc6O)c(c2=O)=C3C=45)c(C)c1. The van der Waals surface area contributed by atoms with Gasteiger partial charge in [-0.1, -0.05) is 59.7 Å². The van der Waals surface area contributed by atoms with Crippen LogP contribution in [0.25, 0.3) is 22.5 Å². The van der Waals surface area contributed by atoms with E-state index in [1.807, 2.05) is 65.8 Å². The summed E-state index contributed by atoms with van der Waals surface area (Å²) in [5.41, 5.74) is 3.14. The van der Waals surface area contributed by atoms with Gasteiger partial charge in [-0.15, -0.1) is 0 Å². The molecule has 2 aliphatic carbocycles. The zero-order valence-corrected chi connectivity index (χ0v) is 30.4. The van der Waals surface area contributed by atoms with Gasteiger partial charge in [0.2, 0.25) is 0 Å². The van der Waals surface area contributed by atoms with E-state index in [1.54, 1.807) is 36.4 Å². The fourth-order valence-corrected chi connectivity index (χ4v) is 8.04. The molecule has 0 saturated carbocycles. The fraction of sp³-hybridized carbons (Fsp3) is 0.136. The largest absolute Gasteiger partial charge is 0.506 e. The third kappa shape index (κ3) is 5.09. The minimum absolute atomic E-state index is 0.0157. The minimum Gasteiger partial charge on any atom is -0.506 e. The van der Waals surface area contributed by atoms with Crippen LogP contribution in [0.15, 0.2) is 114 Å². The van der Waals surface area contributed by atoms with Crippen LogP contribution >= 0.6 is 0 Å². The summed E-state index contributed by atoms with van der Waals surface area (Å²) in [6.45, 7) is 11.1. The number of phenolic OH excluding ortho intramolecular Hbond substituents is 2. The Bertz CT molecular complexity index is 2970. The first kappa shape index (κ1) is 34.2. The Hall–Kier alpha value is -6.94. The summed E-state index contributed by atoms with van der Waals surface area (Å²) in [4.78, 5) is 69.1. The van der Waals surface area contributed by atoms with E-state index in [4.69, 9.17) is 9.98 Å². The van der Waals surface area contributed by atoms with Crippen LogP contribution in [-0.4, -0.2) is 19.3 Å². The van der Waals surface area contributed by atoms with Crippen molar-refractivity contribution >= 4 is 22.5 Å². The van der Waals surface area contributed by atoms with Gasteiger partial charge in [-0.05, 0) is 100 Å². The molecule has 0 saturated heterocycles. The van der Waals surface area contributed by atoms with Gasteiger partial charge in [0.1, 0.15) is 22.9 Å². The summed E-state index contributed by atoms with van der Waals surface area (Å²) >= 11 is 0. The Balaban J connectivity index is 1.71. The molecule has 4 aromatic rings. The lowest BCUT2D eigenvalue weighted by Gasteiger charge is -2.24. The van der Waals surface area contributed by atoms with Crippen molar-refractivity contribution < 1.29 is 10.2 Å². The van der Waals surface area contributed by atoms with E-state index in [2.05, 4.69) is 0 Å². The number of phenols is 2. The summed E-state index contributed by atoms with van der Waals surface area (Å²) in [6.07, 6.45) is 0. The zero-order chi connectivity index (χ0) is 38.3. The molecule has 2 heterocycles. The molecule has 2 aliphatic heterocycles.